The summed E-state index contributed by atoms with van der Waals surface area (Å²) >= 11 is 3.09. The largest absolute Gasteiger partial charge is 0.573 e. The lowest BCUT2D eigenvalue weighted by molar-refractivity contribution is -0.274. The molecule has 0 aromatic heterocycles. The van der Waals surface area contributed by atoms with E-state index in [1.807, 2.05) is 0 Å². The van der Waals surface area contributed by atoms with Crippen LogP contribution in [0.4, 0.5) is 13.2 Å². The van der Waals surface area contributed by atoms with Crippen molar-refractivity contribution in [3.63, 3.8) is 0 Å². The van der Waals surface area contributed by atoms with Crippen LogP contribution < -0.4 is 4.74 Å². The second-order valence-corrected chi connectivity index (χ2v) is 3.69. The summed E-state index contributed by atoms with van der Waals surface area (Å²) in [6, 6.07) is 4.18. The topological polar surface area (TPSA) is 18.5 Å². The van der Waals surface area contributed by atoms with Crippen LogP contribution >= 0.6 is 15.9 Å². The Balaban J connectivity index is 2.88. The number of hydrogen-bond acceptors (Lipinski definition) is 2. The number of benzene rings is 1. The molecule has 0 heterocycles. The first-order chi connectivity index (χ1) is 6.90. The molecule has 0 amide bonds. The summed E-state index contributed by atoms with van der Waals surface area (Å²) in [5.74, 6) is -0.260. The molecule has 1 rings (SSSR count). The van der Waals surface area contributed by atoms with E-state index in [1.54, 1.807) is 6.07 Å². The van der Waals surface area contributed by atoms with Gasteiger partial charge in [0.1, 0.15) is 5.75 Å². The SMILES string of the molecule is COCc1cc(Br)cc(OC(F)(F)F)c1. The normalized spacial score (nSPS) is 11.5. The lowest BCUT2D eigenvalue weighted by atomic mass is 10.2. The standard InChI is InChI=1S/C9H8BrF3O2/c1-14-5-6-2-7(10)4-8(3-6)15-9(11,12)13/h2-4H,5H2,1H3. The molecule has 2 nitrogen and oxygen atoms in total. The fourth-order valence-corrected chi connectivity index (χ4v) is 1.58. The second kappa shape index (κ2) is 4.85. The zero-order valence-electron chi connectivity index (χ0n) is 7.77. The third-order valence-corrected chi connectivity index (χ3v) is 1.93. The Morgan fingerprint density at radius 3 is 2.47 bits per heavy atom. The summed E-state index contributed by atoms with van der Waals surface area (Å²) in [5, 5.41) is 0. The van der Waals surface area contributed by atoms with Crippen molar-refractivity contribution in [1.82, 2.24) is 0 Å². The molecular formula is C9H8BrF3O2. The molecule has 0 fully saturated rings. The van der Waals surface area contributed by atoms with E-state index in [0.717, 1.165) is 0 Å². The van der Waals surface area contributed by atoms with Gasteiger partial charge in [-0.05, 0) is 23.8 Å². The maximum absolute atomic E-state index is 11.9. The Bertz CT molecular complexity index is 339. The fourth-order valence-electron chi connectivity index (χ4n) is 1.06. The van der Waals surface area contributed by atoms with E-state index in [0.29, 0.717) is 10.0 Å². The Morgan fingerprint density at radius 2 is 1.93 bits per heavy atom. The highest BCUT2D eigenvalue weighted by Crippen LogP contribution is 2.27. The number of rotatable bonds is 3. The van der Waals surface area contributed by atoms with E-state index in [1.165, 1.54) is 19.2 Å². The molecule has 0 aliphatic rings. The van der Waals surface area contributed by atoms with Crippen molar-refractivity contribution in [1.29, 1.82) is 0 Å². The minimum atomic E-state index is -4.68. The Labute approximate surface area is 93.1 Å². The van der Waals surface area contributed by atoms with Crippen LogP contribution in [0.5, 0.6) is 5.75 Å². The van der Waals surface area contributed by atoms with Gasteiger partial charge in [0.25, 0.3) is 0 Å². The molecule has 15 heavy (non-hydrogen) atoms. The minimum absolute atomic E-state index is 0.230. The van der Waals surface area contributed by atoms with Crippen molar-refractivity contribution in [2.45, 2.75) is 13.0 Å². The molecule has 1 aromatic carbocycles. The van der Waals surface area contributed by atoms with Crippen molar-refractivity contribution in [3.05, 3.63) is 28.2 Å². The molecule has 0 atom stereocenters. The number of halogens is 4. The Kier molecular flexibility index (Phi) is 3.98. The van der Waals surface area contributed by atoms with Crippen LogP contribution in [0.2, 0.25) is 0 Å². The maximum Gasteiger partial charge on any atom is 0.573 e. The number of methoxy groups -OCH3 is 1. The van der Waals surface area contributed by atoms with Gasteiger partial charge in [0.05, 0.1) is 6.61 Å². The van der Waals surface area contributed by atoms with Crippen LogP contribution in [-0.4, -0.2) is 13.5 Å². The highest BCUT2D eigenvalue weighted by molar-refractivity contribution is 9.10. The zero-order valence-corrected chi connectivity index (χ0v) is 9.35. The van der Waals surface area contributed by atoms with E-state index in [9.17, 15) is 13.2 Å². The molecule has 0 spiro atoms. The zero-order chi connectivity index (χ0) is 11.5. The summed E-state index contributed by atoms with van der Waals surface area (Å²) < 4.78 is 44.9. The smallest absolute Gasteiger partial charge is 0.406 e. The molecule has 6 heteroatoms. The van der Waals surface area contributed by atoms with Gasteiger partial charge in [0.15, 0.2) is 0 Å². The van der Waals surface area contributed by atoms with Gasteiger partial charge in [-0.3, -0.25) is 0 Å². The summed E-state index contributed by atoms with van der Waals surface area (Å²) in [4.78, 5) is 0. The molecule has 0 N–H and O–H groups in total. The van der Waals surface area contributed by atoms with Gasteiger partial charge in [-0.15, -0.1) is 13.2 Å². The highest BCUT2D eigenvalue weighted by Gasteiger charge is 2.31. The monoisotopic (exact) mass is 284 g/mol. The van der Waals surface area contributed by atoms with E-state index < -0.39 is 6.36 Å². The van der Waals surface area contributed by atoms with Crippen LogP contribution in [0.25, 0.3) is 0 Å². The van der Waals surface area contributed by atoms with Crippen molar-refractivity contribution in [3.8, 4) is 5.75 Å². The predicted molar refractivity (Wildman–Crippen MR) is 51.5 cm³/mol. The van der Waals surface area contributed by atoms with Gasteiger partial charge in [-0.1, -0.05) is 15.9 Å². The van der Waals surface area contributed by atoms with E-state index in [-0.39, 0.29) is 12.4 Å². The van der Waals surface area contributed by atoms with Crippen LogP contribution in [0.3, 0.4) is 0 Å². The fraction of sp³-hybridized carbons (Fsp3) is 0.333. The highest BCUT2D eigenvalue weighted by atomic mass is 79.9. The van der Waals surface area contributed by atoms with Crippen LogP contribution in [0.1, 0.15) is 5.56 Å². The minimum Gasteiger partial charge on any atom is -0.406 e. The van der Waals surface area contributed by atoms with E-state index in [2.05, 4.69) is 20.7 Å². The summed E-state index contributed by atoms with van der Waals surface area (Å²) in [6.07, 6.45) is -4.68. The van der Waals surface area contributed by atoms with E-state index in [4.69, 9.17) is 4.74 Å². The molecule has 0 bridgehead atoms. The molecule has 0 unspecified atom stereocenters. The third-order valence-electron chi connectivity index (χ3n) is 1.48. The maximum atomic E-state index is 11.9. The summed E-state index contributed by atoms with van der Waals surface area (Å²) in [6.45, 7) is 0.230. The lowest BCUT2D eigenvalue weighted by Crippen LogP contribution is -2.17. The van der Waals surface area contributed by atoms with E-state index >= 15 is 0 Å². The average molecular weight is 285 g/mol. The number of ether oxygens (including phenoxy) is 2. The first kappa shape index (κ1) is 12.3. The summed E-state index contributed by atoms with van der Waals surface area (Å²) in [7, 11) is 1.46. The first-order valence-electron chi connectivity index (χ1n) is 3.95. The Hall–Kier alpha value is -0.750. The van der Waals surface area contributed by atoms with Crippen LogP contribution in [0.15, 0.2) is 22.7 Å². The molecule has 84 valence electrons. The number of alkyl halides is 3. The summed E-state index contributed by atoms with van der Waals surface area (Å²) in [5.41, 5.74) is 0.603. The molecule has 0 aliphatic heterocycles. The van der Waals surface area contributed by atoms with Crippen molar-refractivity contribution in [2.24, 2.45) is 0 Å². The van der Waals surface area contributed by atoms with Crippen molar-refractivity contribution < 1.29 is 22.6 Å². The lowest BCUT2D eigenvalue weighted by Gasteiger charge is -2.10. The van der Waals surface area contributed by atoms with Gasteiger partial charge in [0, 0.05) is 11.6 Å². The average Bonchev–Trinajstić information content (AvgIpc) is 1.99. The van der Waals surface area contributed by atoms with Crippen LogP contribution in [-0.2, 0) is 11.3 Å². The third kappa shape index (κ3) is 4.53. The van der Waals surface area contributed by atoms with Crippen LogP contribution in [0, 0.1) is 0 Å². The predicted octanol–water partition coefficient (Wildman–Crippen LogP) is 3.49. The van der Waals surface area contributed by atoms with Gasteiger partial charge >= 0.3 is 6.36 Å². The molecule has 0 saturated heterocycles. The second-order valence-electron chi connectivity index (χ2n) is 2.78. The Morgan fingerprint density at radius 1 is 1.27 bits per heavy atom. The first-order valence-corrected chi connectivity index (χ1v) is 4.74. The van der Waals surface area contributed by atoms with Gasteiger partial charge in [0.2, 0.25) is 0 Å². The molecule has 1 aromatic rings. The quantitative estimate of drug-likeness (QED) is 0.846. The molecule has 0 saturated carbocycles. The van der Waals surface area contributed by atoms with Crippen molar-refractivity contribution >= 4 is 15.9 Å². The molecule has 0 aliphatic carbocycles. The van der Waals surface area contributed by atoms with Gasteiger partial charge in [-0.25, -0.2) is 0 Å². The number of hydrogen-bond donors (Lipinski definition) is 0. The molecule has 0 radical (unpaired) electrons. The van der Waals surface area contributed by atoms with Crippen molar-refractivity contribution in [2.75, 3.05) is 7.11 Å². The van der Waals surface area contributed by atoms with Gasteiger partial charge in [-0.2, -0.15) is 0 Å². The van der Waals surface area contributed by atoms with Gasteiger partial charge < -0.3 is 9.47 Å². The molecular weight excluding hydrogens is 277 g/mol.